The third-order valence-corrected chi connectivity index (χ3v) is 6.94. The van der Waals surface area contributed by atoms with E-state index in [4.69, 9.17) is 4.74 Å². The highest BCUT2D eigenvalue weighted by molar-refractivity contribution is 6.09. The van der Waals surface area contributed by atoms with Crippen LogP contribution >= 0.6 is 0 Å². The minimum absolute atomic E-state index is 0.0354. The molecule has 4 heterocycles. The zero-order valence-electron chi connectivity index (χ0n) is 19.5. The van der Waals surface area contributed by atoms with Crippen LogP contribution in [0.2, 0.25) is 0 Å². The Bertz CT molecular complexity index is 993. The smallest absolute Gasteiger partial charge is 0.131 e. The van der Waals surface area contributed by atoms with Crippen molar-refractivity contribution >= 4 is 17.9 Å². The van der Waals surface area contributed by atoms with Gasteiger partial charge in [0.15, 0.2) is 0 Å². The lowest BCUT2D eigenvalue weighted by atomic mass is 9.94. The van der Waals surface area contributed by atoms with Crippen molar-refractivity contribution in [1.29, 1.82) is 5.41 Å². The van der Waals surface area contributed by atoms with Crippen LogP contribution in [0.4, 0.5) is 5.69 Å². The fourth-order valence-corrected chi connectivity index (χ4v) is 4.93. The summed E-state index contributed by atoms with van der Waals surface area (Å²) in [6.45, 7) is 7.20. The Morgan fingerprint density at radius 3 is 2.82 bits per heavy atom. The first kappa shape index (κ1) is 22.1. The predicted molar refractivity (Wildman–Crippen MR) is 131 cm³/mol. The molecule has 4 aliphatic heterocycles. The van der Waals surface area contributed by atoms with Gasteiger partial charge in [-0.25, -0.2) is 0 Å². The van der Waals surface area contributed by atoms with E-state index >= 15 is 0 Å². The summed E-state index contributed by atoms with van der Waals surface area (Å²) in [5, 5.41) is 26.5. The van der Waals surface area contributed by atoms with E-state index in [1.807, 2.05) is 20.0 Å². The molecule has 1 unspecified atom stereocenters. The molecule has 0 bridgehead atoms. The van der Waals surface area contributed by atoms with Crippen molar-refractivity contribution in [1.82, 2.24) is 15.5 Å². The number of fused-ring (bicyclic) bond motifs is 1. The van der Waals surface area contributed by atoms with E-state index in [-0.39, 0.29) is 6.04 Å². The van der Waals surface area contributed by atoms with Crippen LogP contribution in [0.5, 0.6) is 0 Å². The highest BCUT2D eigenvalue weighted by Gasteiger charge is 2.34. The Kier molecular flexibility index (Phi) is 5.99. The molecule has 5 rings (SSSR count). The number of benzene rings is 1. The van der Waals surface area contributed by atoms with Crippen molar-refractivity contribution in [2.45, 2.75) is 50.9 Å². The monoisotopic (exact) mass is 450 g/mol. The summed E-state index contributed by atoms with van der Waals surface area (Å²) in [6.07, 6.45) is 8.52. The predicted octanol–water partition coefficient (Wildman–Crippen LogP) is 2.28. The lowest BCUT2D eigenvalue weighted by Gasteiger charge is -2.42. The maximum atomic E-state index is 10.6. The van der Waals surface area contributed by atoms with Crippen LogP contribution in [0.15, 0.2) is 46.7 Å². The number of nitrogens with one attached hydrogen (secondary N) is 3. The standard InChI is InChI=1S/C25H34N6O2/c1-25(2,32)30-11-8-22(29-19-14-33-15-19)20(13-30)24(26)31-10-3-4-18-12-17(5-6-23(18)31)21-7-9-27-16-28-21/h5-7,9,12,16,19,21,26,29,32H,3-4,8,10-11,13-15H2,1-2H3,(H,27,28). The van der Waals surface area contributed by atoms with Gasteiger partial charge in [-0.1, -0.05) is 12.1 Å². The molecule has 4 N–H and O–H groups in total. The molecule has 8 heteroatoms. The summed E-state index contributed by atoms with van der Waals surface area (Å²) in [6, 6.07) is 6.87. The van der Waals surface area contributed by atoms with Crippen LogP contribution in [0.1, 0.15) is 43.9 Å². The van der Waals surface area contributed by atoms with Gasteiger partial charge in [-0.3, -0.25) is 15.3 Å². The third-order valence-electron chi connectivity index (χ3n) is 6.94. The zero-order chi connectivity index (χ0) is 23.0. The van der Waals surface area contributed by atoms with Gasteiger partial charge in [-0.15, -0.1) is 0 Å². The lowest BCUT2D eigenvalue weighted by Crippen LogP contribution is -2.53. The van der Waals surface area contributed by atoms with Crippen LogP contribution in [0, 0.1) is 5.41 Å². The molecule has 0 amide bonds. The molecule has 1 atom stereocenters. The molecular formula is C25H34N6O2. The average molecular weight is 451 g/mol. The van der Waals surface area contributed by atoms with E-state index in [2.05, 4.69) is 49.7 Å². The molecular weight excluding hydrogens is 416 g/mol. The molecule has 0 spiro atoms. The molecule has 1 fully saturated rings. The van der Waals surface area contributed by atoms with Crippen molar-refractivity contribution < 1.29 is 9.84 Å². The van der Waals surface area contributed by atoms with Gasteiger partial charge in [-0.05, 0) is 50.0 Å². The fraction of sp³-hybridized carbons (Fsp3) is 0.520. The lowest BCUT2D eigenvalue weighted by molar-refractivity contribution is -0.0754. The molecule has 8 nitrogen and oxygen atoms in total. The van der Waals surface area contributed by atoms with Crippen LogP contribution in [0.3, 0.4) is 0 Å². The number of aliphatic imine (C=N–C) groups is 1. The van der Waals surface area contributed by atoms with Gasteiger partial charge in [0, 0.05) is 49.2 Å². The topological polar surface area (TPSA) is 96.2 Å². The van der Waals surface area contributed by atoms with E-state index < -0.39 is 5.72 Å². The molecule has 1 aromatic rings. The molecule has 1 aromatic carbocycles. The Labute approximate surface area is 195 Å². The summed E-state index contributed by atoms with van der Waals surface area (Å²) < 4.78 is 5.35. The van der Waals surface area contributed by atoms with Crippen molar-refractivity contribution in [3.8, 4) is 0 Å². The van der Waals surface area contributed by atoms with E-state index in [1.165, 1.54) is 11.1 Å². The van der Waals surface area contributed by atoms with Gasteiger partial charge in [0.25, 0.3) is 0 Å². The first-order valence-corrected chi connectivity index (χ1v) is 11.9. The maximum Gasteiger partial charge on any atom is 0.131 e. The SMILES string of the molecule is CC(C)(O)N1CCC(NC2COC2)=C(C(=N)N2CCCc3cc(C4C=CNC=N4)ccc32)C1. The van der Waals surface area contributed by atoms with Crippen LogP contribution in [-0.4, -0.2) is 66.8 Å². The highest BCUT2D eigenvalue weighted by Crippen LogP contribution is 2.34. The van der Waals surface area contributed by atoms with Gasteiger partial charge >= 0.3 is 0 Å². The quantitative estimate of drug-likeness (QED) is 0.406. The van der Waals surface area contributed by atoms with E-state index in [0.717, 1.165) is 49.3 Å². The summed E-state index contributed by atoms with van der Waals surface area (Å²) >= 11 is 0. The fourth-order valence-electron chi connectivity index (χ4n) is 4.93. The molecule has 0 saturated carbocycles. The summed E-state index contributed by atoms with van der Waals surface area (Å²) in [5.41, 5.74) is 4.71. The highest BCUT2D eigenvalue weighted by atomic mass is 16.5. The number of aryl methyl sites for hydroxylation is 1. The number of nitrogens with zero attached hydrogens (tertiary/aromatic N) is 3. The van der Waals surface area contributed by atoms with Crippen LogP contribution < -0.4 is 15.5 Å². The number of rotatable bonds is 5. The van der Waals surface area contributed by atoms with Gasteiger partial charge in [-0.2, -0.15) is 0 Å². The first-order valence-electron chi connectivity index (χ1n) is 11.9. The van der Waals surface area contributed by atoms with E-state index in [0.29, 0.717) is 31.6 Å². The van der Waals surface area contributed by atoms with Crippen LogP contribution in [0.25, 0.3) is 0 Å². The van der Waals surface area contributed by atoms with Crippen molar-refractivity contribution in [2.75, 3.05) is 37.7 Å². The Morgan fingerprint density at radius 2 is 2.12 bits per heavy atom. The zero-order valence-corrected chi connectivity index (χ0v) is 19.5. The molecule has 176 valence electrons. The molecule has 0 aromatic heterocycles. The third kappa shape index (κ3) is 4.55. The second kappa shape index (κ2) is 8.93. The molecule has 4 aliphatic rings. The van der Waals surface area contributed by atoms with E-state index in [1.54, 1.807) is 6.34 Å². The number of ether oxygens (including phenoxy) is 1. The second-order valence-electron chi connectivity index (χ2n) is 9.74. The van der Waals surface area contributed by atoms with Gasteiger partial charge in [0.05, 0.1) is 31.6 Å². The van der Waals surface area contributed by atoms with Gasteiger partial charge < -0.3 is 25.4 Å². The van der Waals surface area contributed by atoms with Crippen molar-refractivity contribution in [3.05, 3.63) is 52.9 Å². The number of aliphatic hydroxyl groups is 1. The van der Waals surface area contributed by atoms with Crippen molar-refractivity contribution in [3.63, 3.8) is 0 Å². The minimum atomic E-state index is -0.922. The Hall–Kier alpha value is -2.68. The van der Waals surface area contributed by atoms with Crippen LogP contribution in [-0.2, 0) is 11.2 Å². The van der Waals surface area contributed by atoms with Gasteiger partial charge in [0.2, 0.25) is 0 Å². The molecule has 1 saturated heterocycles. The first-order chi connectivity index (χ1) is 15.9. The largest absolute Gasteiger partial charge is 0.381 e. The Morgan fingerprint density at radius 1 is 1.27 bits per heavy atom. The maximum absolute atomic E-state index is 10.6. The summed E-state index contributed by atoms with van der Waals surface area (Å²) in [4.78, 5) is 8.72. The number of hydrogen-bond acceptors (Lipinski definition) is 7. The van der Waals surface area contributed by atoms with Crippen molar-refractivity contribution in [2.24, 2.45) is 4.99 Å². The number of amidine groups is 1. The van der Waals surface area contributed by atoms with Gasteiger partial charge in [0.1, 0.15) is 11.6 Å². The Balaban J connectivity index is 1.44. The average Bonchev–Trinajstić information content (AvgIpc) is 2.80. The minimum Gasteiger partial charge on any atom is -0.381 e. The molecule has 0 radical (unpaired) electrons. The number of anilines is 1. The number of hydrogen-bond donors (Lipinski definition) is 4. The summed E-state index contributed by atoms with van der Waals surface area (Å²) in [5.74, 6) is 0.528. The van der Waals surface area contributed by atoms with E-state index in [9.17, 15) is 10.5 Å². The second-order valence-corrected chi connectivity index (χ2v) is 9.74. The normalized spacial score (nSPS) is 23.7. The summed E-state index contributed by atoms with van der Waals surface area (Å²) in [7, 11) is 0. The molecule has 33 heavy (non-hydrogen) atoms. The molecule has 0 aliphatic carbocycles.